The first-order valence-corrected chi connectivity index (χ1v) is 7.14. The van der Waals surface area contributed by atoms with Crippen LogP contribution in [0.3, 0.4) is 0 Å². The zero-order valence-corrected chi connectivity index (χ0v) is 13.6. The maximum absolute atomic E-state index is 5.71. The molecule has 4 heterocycles. The van der Waals surface area contributed by atoms with E-state index >= 15 is 0 Å². The van der Waals surface area contributed by atoms with E-state index in [9.17, 15) is 0 Å². The van der Waals surface area contributed by atoms with Crippen molar-refractivity contribution < 1.29 is 4.74 Å². The van der Waals surface area contributed by atoms with Gasteiger partial charge in [-0.05, 0) is 23.2 Å². The van der Waals surface area contributed by atoms with Crippen molar-refractivity contribution in [3.8, 4) is 5.88 Å². The molecule has 0 aliphatic heterocycles. The molecule has 0 saturated carbocycles. The lowest BCUT2D eigenvalue weighted by Crippen LogP contribution is -1.91. The topological polar surface area (TPSA) is 118 Å². The molecule has 0 radical (unpaired) electrons. The van der Waals surface area contributed by atoms with Gasteiger partial charge in [0.15, 0.2) is 11.3 Å². The Labute approximate surface area is 150 Å². The summed E-state index contributed by atoms with van der Waals surface area (Å²) in [4.78, 5) is 15.3. The highest BCUT2D eigenvalue weighted by molar-refractivity contribution is 6.35. The van der Waals surface area contributed by atoms with Gasteiger partial charge < -0.3 is 4.74 Å². The summed E-state index contributed by atoms with van der Waals surface area (Å²) < 4.78 is 4.97. The third-order valence-corrected chi connectivity index (χ3v) is 3.30. The smallest absolute Gasteiger partial charge is 0.228 e. The number of nitrogens with one attached hydrogen (secondary N) is 2. The van der Waals surface area contributed by atoms with E-state index in [2.05, 4.69) is 40.3 Å². The Balaban J connectivity index is 0.000000167. The van der Waals surface area contributed by atoms with Crippen LogP contribution in [-0.4, -0.2) is 47.4 Å². The molecule has 0 aliphatic carbocycles. The van der Waals surface area contributed by atoms with Gasteiger partial charge in [0.2, 0.25) is 16.4 Å². The minimum atomic E-state index is 0. The molecule has 0 amide bonds. The zero-order valence-electron chi connectivity index (χ0n) is 11.4. The molecule has 0 fully saturated rings. The number of hydrogen-bond donors (Lipinski definition) is 2. The van der Waals surface area contributed by atoms with Gasteiger partial charge in [-0.15, -0.1) is 0 Å². The van der Waals surface area contributed by atoms with E-state index in [4.69, 9.17) is 39.5 Å². The van der Waals surface area contributed by atoms with E-state index in [-0.39, 0.29) is 18.0 Å². The van der Waals surface area contributed by atoms with Crippen molar-refractivity contribution >= 4 is 56.9 Å². The minimum absolute atomic E-state index is 0. The minimum Gasteiger partial charge on any atom is -0.480 e. The maximum Gasteiger partial charge on any atom is 0.228 e. The fraction of sp³-hybridized carbons (Fsp3) is 0.167. The molecular formula is C12H11Cl3N8O. The number of rotatable bonds is 1. The van der Waals surface area contributed by atoms with Gasteiger partial charge in [-0.1, -0.05) is 19.0 Å². The highest BCUT2D eigenvalue weighted by Crippen LogP contribution is 2.21. The van der Waals surface area contributed by atoms with Crippen LogP contribution in [0.1, 0.15) is 7.43 Å². The Kier molecular flexibility index (Phi) is 5.71. The Bertz CT molecular complexity index is 969. The van der Waals surface area contributed by atoms with Crippen LogP contribution in [0.4, 0.5) is 0 Å². The highest BCUT2D eigenvalue weighted by atomic mass is 35.5. The molecule has 24 heavy (non-hydrogen) atoms. The molecule has 9 nitrogen and oxygen atoms in total. The zero-order chi connectivity index (χ0) is 16.4. The normalized spacial score (nSPS) is 10.2. The SMILES string of the molecule is C.COc1nc(Cl)nc2[nH]ncc12.Clc1nc(Cl)c2cn[nH]c2n1. The number of hydrogen-bond acceptors (Lipinski definition) is 7. The molecule has 4 aromatic heterocycles. The van der Waals surface area contributed by atoms with Gasteiger partial charge in [0, 0.05) is 0 Å². The van der Waals surface area contributed by atoms with Crippen LogP contribution in [0.15, 0.2) is 12.4 Å². The van der Waals surface area contributed by atoms with Gasteiger partial charge >= 0.3 is 0 Å². The van der Waals surface area contributed by atoms with Crippen LogP contribution in [0.5, 0.6) is 5.88 Å². The molecule has 0 aromatic carbocycles. The first-order valence-electron chi connectivity index (χ1n) is 6.01. The van der Waals surface area contributed by atoms with Gasteiger partial charge in [0.1, 0.15) is 10.5 Å². The van der Waals surface area contributed by atoms with Crippen LogP contribution in [0, 0.1) is 0 Å². The second kappa shape index (κ2) is 7.56. The molecule has 126 valence electrons. The van der Waals surface area contributed by atoms with Gasteiger partial charge in [0.05, 0.1) is 24.9 Å². The largest absolute Gasteiger partial charge is 0.480 e. The second-order valence-electron chi connectivity index (χ2n) is 4.05. The van der Waals surface area contributed by atoms with E-state index in [1.165, 1.54) is 7.11 Å². The Morgan fingerprint density at radius 2 is 1.38 bits per heavy atom. The van der Waals surface area contributed by atoms with E-state index in [1.807, 2.05) is 0 Å². The summed E-state index contributed by atoms with van der Waals surface area (Å²) in [5, 5.41) is 14.8. The van der Waals surface area contributed by atoms with Crippen LogP contribution in [-0.2, 0) is 0 Å². The van der Waals surface area contributed by atoms with Crippen molar-refractivity contribution in [3.05, 3.63) is 28.1 Å². The van der Waals surface area contributed by atoms with E-state index in [0.29, 0.717) is 27.7 Å². The molecule has 2 N–H and O–H groups in total. The molecule has 12 heteroatoms. The molecule has 0 saturated heterocycles. The molecule has 4 aromatic rings. The number of aromatic amines is 2. The predicted octanol–water partition coefficient (Wildman–Crippen LogP) is 3.31. The van der Waals surface area contributed by atoms with Crippen molar-refractivity contribution in [1.82, 2.24) is 40.3 Å². The first-order chi connectivity index (χ1) is 11.1. The lowest BCUT2D eigenvalue weighted by Gasteiger charge is -1.98. The monoisotopic (exact) mass is 388 g/mol. The number of aromatic nitrogens is 8. The number of fused-ring (bicyclic) bond motifs is 2. The standard InChI is InChI=1S/C6H5ClN4O.C5H2Cl2N4.CH4/c1-12-5-3-2-8-11-4(3)9-6(7)10-5;6-3-2-1-8-11-4(2)10-5(7)9-3;/h2H,1H3,(H,8,9,10,11);1H,(H,8,9,10,11);1H4. The average Bonchev–Trinajstić information content (AvgIpc) is 3.15. The number of halogens is 3. The highest BCUT2D eigenvalue weighted by Gasteiger charge is 2.07. The predicted molar refractivity (Wildman–Crippen MR) is 91.7 cm³/mol. The number of H-pyrrole nitrogens is 2. The van der Waals surface area contributed by atoms with Gasteiger partial charge in [-0.2, -0.15) is 25.1 Å². The molecule has 0 aliphatic rings. The summed E-state index contributed by atoms with van der Waals surface area (Å²) in [7, 11) is 1.52. The molecular weight excluding hydrogens is 379 g/mol. The second-order valence-corrected chi connectivity index (χ2v) is 5.08. The number of nitrogens with zero attached hydrogens (tertiary/aromatic N) is 6. The fourth-order valence-corrected chi connectivity index (χ4v) is 2.30. The summed E-state index contributed by atoms with van der Waals surface area (Å²) in [5.41, 5.74) is 1.13. The maximum atomic E-state index is 5.71. The summed E-state index contributed by atoms with van der Waals surface area (Å²) in [5.74, 6) is 0.429. The lowest BCUT2D eigenvalue weighted by molar-refractivity contribution is 0.402. The Morgan fingerprint density at radius 1 is 0.833 bits per heavy atom. The van der Waals surface area contributed by atoms with Gasteiger partial charge in [0.25, 0.3) is 0 Å². The molecule has 0 unspecified atom stereocenters. The summed E-state index contributed by atoms with van der Waals surface area (Å²) in [6.07, 6.45) is 3.14. The average molecular weight is 390 g/mol. The van der Waals surface area contributed by atoms with Crippen molar-refractivity contribution in [2.24, 2.45) is 0 Å². The molecule has 0 atom stereocenters. The number of ether oxygens (including phenoxy) is 1. The summed E-state index contributed by atoms with van der Waals surface area (Å²) >= 11 is 16.8. The molecule has 0 spiro atoms. The summed E-state index contributed by atoms with van der Waals surface area (Å²) in [6, 6.07) is 0. The Morgan fingerprint density at radius 3 is 2.00 bits per heavy atom. The van der Waals surface area contributed by atoms with Gasteiger partial charge in [-0.25, -0.2) is 4.98 Å². The third kappa shape index (κ3) is 3.64. The van der Waals surface area contributed by atoms with Crippen molar-refractivity contribution in [3.63, 3.8) is 0 Å². The molecule has 0 bridgehead atoms. The van der Waals surface area contributed by atoms with Crippen LogP contribution >= 0.6 is 34.8 Å². The van der Waals surface area contributed by atoms with Crippen molar-refractivity contribution in [2.75, 3.05) is 7.11 Å². The van der Waals surface area contributed by atoms with E-state index in [0.717, 1.165) is 5.39 Å². The van der Waals surface area contributed by atoms with E-state index < -0.39 is 0 Å². The van der Waals surface area contributed by atoms with Crippen LogP contribution in [0.25, 0.3) is 22.1 Å². The van der Waals surface area contributed by atoms with Crippen molar-refractivity contribution in [2.45, 2.75) is 7.43 Å². The van der Waals surface area contributed by atoms with Crippen molar-refractivity contribution in [1.29, 1.82) is 0 Å². The lowest BCUT2D eigenvalue weighted by atomic mass is 10.4. The van der Waals surface area contributed by atoms with E-state index in [1.54, 1.807) is 12.4 Å². The third-order valence-electron chi connectivity index (χ3n) is 2.68. The summed E-state index contributed by atoms with van der Waals surface area (Å²) in [6.45, 7) is 0. The number of methoxy groups -OCH3 is 1. The fourth-order valence-electron chi connectivity index (χ4n) is 1.71. The Hall–Kier alpha value is -2.23. The molecule has 4 rings (SSSR count). The van der Waals surface area contributed by atoms with Gasteiger partial charge in [-0.3, -0.25) is 10.2 Å². The van der Waals surface area contributed by atoms with Crippen LogP contribution in [0.2, 0.25) is 15.7 Å². The first kappa shape index (κ1) is 18.1. The van der Waals surface area contributed by atoms with Crippen LogP contribution < -0.4 is 4.74 Å². The quantitative estimate of drug-likeness (QED) is 0.378.